The van der Waals surface area contributed by atoms with Crippen LogP contribution in [0.3, 0.4) is 0 Å². The van der Waals surface area contributed by atoms with Crippen LogP contribution in [-0.2, 0) is 12.1 Å². The number of aromatic nitrogens is 4. The van der Waals surface area contributed by atoms with Crippen molar-refractivity contribution in [1.29, 1.82) is 0 Å². The molecule has 0 aliphatic rings. The van der Waals surface area contributed by atoms with Crippen LogP contribution in [0.15, 0.2) is 65.5 Å². The Morgan fingerprint density at radius 2 is 2.00 bits per heavy atom. The fourth-order valence-electron chi connectivity index (χ4n) is 3.42. The first-order chi connectivity index (χ1) is 14.9. The Kier molecular flexibility index (Phi) is 5.71. The predicted molar refractivity (Wildman–Crippen MR) is 115 cm³/mol. The van der Waals surface area contributed by atoms with Gasteiger partial charge < -0.3 is 5.11 Å². The first-order valence-electron chi connectivity index (χ1n) is 9.43. The number of halogens is 2. The molecule has 0 radical (unpaired) electrons. The molecule has 0 fully saturated rings. The van der Waals surface area contributed by atoms with Gasteiger partial charge in [0.1, 0.15) is 29.9 Å². The van der Waals surface area contributed by atoms with E-state index in [-0.39, 0.29) is 12.1 Å². The van der Waals surface area contributed by atoms with Gasteiger partial charge in [-0.05, 0) is 24.9 Å². The molecular weight excluding hydrogens is 420 g/mol. The topological polar surface area (TPSA) is 76.2 Å². The Morgan fingerprint density at radius 1 is 1.23 bits per heavy atom. The van der Waals surface area contributed by atoms with Crippen molar-refractivity contribution >= 4 is 23.7 Å². The number of thiazole rings is 1. The average molecular weight is 439 g/mol. The second kappa shape index (κ2) is 8.44. The molecule has 0 aliphatic heterocycles. The number of nitrogens with zero attached hydrogens (tertiary/aromatic N) is 5. The third-order valence-corrected chi connectivity index (χ3v) is 6.25. The van der Waals surface area contributed by atoms with Gasteiger partial charge in [0.25, 0.3) is 0 Å². The maximum atomic E-state index is 14.7. The zero-order valence-corrected chi connectivity index (χ0v) is 17.4. The molecule has 2 aromatic carbocycles. The van der Waals surface area contributed by atoms with E-state index in [9.17, 15) is 13.9 Å². The highest BCUT2D eigenvalue weighted by Crippen LogP contribution is 2.41. The fraction of sp³-hybridized carbons (Fsp3) is 0.182. The smallest absolute Gasteiger partial charge is 0.137 e. The first kappa shape index (κ1) is 21.0. The standard InChI is InChI=1S/C22H19F2N5OS/c1-14(21-28-20(10-31-21)15-3-6-17(25-2)7-4-15)22(30,11-29-13-26-12-27-29)18-8-5-16(23)9-19(18)24/h3-10,12-14,30H,2,11H2,1H3. The Balaban J connectivity index is 1.73. The van der Waals surface area contributed by atoms with E-state index >= 15 is 0 Å². The third-order valence-electron chi connectivity index (χ3n) is 5.22. The van der Waals surface area contributed by atoms with E-state index in [1.807, 2.05) is 29.6 Å². The molecule has 4 rings (SSSR count). The quantitative estimate of drug-likeness (QED) is 0.424. The molecule has 2 aromatic heterocycles. The van der Waals surface area contributed by atoms with Crippen molar-refractivity contribution in [1.82, 2.24) is 19.7 Å². The lowest BCUT2D eigenvalue weighted by atomic mass is 9.82. The molecule has 1 N–H and O–H groups in total. The van der Waals surface area contributed by atoms with Crippen LogP contribution in [0.4, 0.5) is 14.5 Å². The van der Waals surface area contributed by atoms with Gasteiger partial charge in [-0.25, -0.2) is 23.4 Å². The Morgan fingerprint density at radius 3 is 2.65 bits per heavy atom. The van der Waals surface area contributed by atoms with Crippen LogP contribution in [0.2, 0.25) is 0 Å². The van der Waals surface area contributed by atoms with Gasteiger partial charge >= 0.3 is 0 Å². The highest BCUT2D eigenvalue weighted by molar-refractivity contribution is 7.10. The molecule has 0 spiro atoms. The lowest BCUT2D eigenvalue weighted by Gasteiger charge is -2.33. The van der Waals surface area contributed by atoms with Crippen molar-refractivity contribution in [2.75, 3.05) is 0 Å². The molecule has 9 heteroatoms. The first-order valence-corrected chi connectivity index (χ1v) is 10.3. The zero-order chi connectivity index (χ0) is 22.0. The van der Waals surface area contributed by atoms with Gasteiger partial charge in [-0.15, -0.1) is 11.3 Å². The summed E-state index contributed by atoms with van der Waals surface area (Å²) in [7, 11) is 0. The van der Waals surface area contributed by atoms with Crippen LogP contribution in [-0.4, -0.2) is 31.6 Å². The molecule has 2 heterocycles. The summed E-state index contributed by atoms with van der Waals surface area (Å²) in [6.07, 6.45) is 2.76. The molecule has 6 nitrogen and oxygen atoms in total. The molecule has 0 bridgehead atoms. The normalized spacial score (nSPS) is 14.2. The van der Waals surface area contributed by atoms with Crippen molar-refractivity contribution in [3.05, 3.63) is 82.7 Å². The molecule has 0 amide bonds. The largest absolute Gasteiger partial charge is 0.382 e. The minimum absolute atomic E-state index is 0.0324. The number of hydrogen-bond donors (Lipinski definition) is 1. The minimum Gasteiger partial charge on any atom is -0.382 e. The highest BCUT2D eigenvalue weighted by Gasteiger charge is 2.41. The SMILES string of the molecule is C=Nc1ccc(-c2csc(C(C)C(O)(Cn3cncn3)c3ccc(F)cc3F)n2)cc1. The number of aliphatic imine (C=N–C) groups is 1. The van der Waals surface area contributed by atoms with Gasteiger partial charge in [0.2, 0.25) is 0 Å². The van der Waals surface area contributed by atoms with Crippen molar-refractivity contribution in [3.8, 4) is 11.3 Å². The summed E-state index contributed by atoms with van der Waals surface area (Å²) in [6.45, 7) is 5.18. The van der Waals surface area contributed by atoms with E-state index in [2.05, 4.69) is 26.8 Å². The van der Waals surface area contributed by atoms with Crippen molar-refractivity contribution in [2.24, 2.45) is 4.99 Å². The van der Waals surface area contributed by atoms with E-state index in [0.717, 1.165) is 29.1 Å². The highest BCUT2D eigenvalue weighted by atomic mass is 32.1. The summed E-state index contributed by atoms with van der Waals surface area (Å²) >= 11 is 1.36. The summed E-state index contributed by atoms with van der Waals surface area (Å²) in [5.74, 6) is -2.17. The summed E-state index contributed by atoms with van der Waals surface area (Å²) in [5, 5.41) is 18.2. The molecule has 2 atom stereocenters. The lowest BCUT2D eigenvalue weighted by molar-refractivity contribution is -0.0112. The number of benzene rings is 2. The molecule has 158 valence electrons. The maximum Gasteiger partial charge on any atom is 0.137 e. The van der Waals surface area contributed by atoms with E-state index in [4.69, 9.17) is 0 Å². The van der Waals surface area contributed by atoms with Gasteiger partial charge in [0.05, 0.1) is 22.9 Å². The van der Waals surface area contributed by atoms with Crippen LogP contribution in [0, 0.1) is 11.6 Å². The lowest BCUT2D eigenvalue weighted by Crippen LogP contribution is -2.38. The second-order valence-electron chi connectivity index (χ2n) is 7.14. The van der Waals surface area contributed by atoms with Crippen LogP contribution in [0.1, 0.15) is 23.4 Å². The predicted octanol–water partition coefficient (Wildman–Crippen LogP) is 4.70. The summed E-state index contributed by atoms with van der Waals surface area (Å²) < 4.78 is 29.6. The van der Waals surface area contributed by atoms with Crippen molar-refractivity contribution in [2.45, 2.75) is 25.0 Å². The van der Waals surface area contributed by atoms with E-state index in [1.165, 1.54) is 34.7 Å². The number of hydrogen-bond acceptors (Lipinski definition) is 6. The van der Waals surface area contributed by atoms with Crippen LogP contribution in [0.25, 0.3) is 11.3 Å². The second-order valence-corrected chi connectivity index (χ2v) is 8.03. The monoisotopic (exact) mass is 439 g/mol. The van der Waals surface area contributed by atoms with E-state index in [1.54, 1.807) is 6.92 Å². The Labute approximate surface area is 181 Å². The molecule has 2 unspecified atom stereocenters. The average Bonchev–Trinajstić information content (AvgIpc) is 3.45. The summed E-state index contributed by atoms with van der Waals surface area (Å²) in [6, 6.07) is 10.6. The van der Waals surface area contributed by atoms with Crippen LogP contribution in [0.5, 0.6) is 0 Å². The minimum atomic E-state index is -1.74. The van der Waals surface area contributed by atoms with Crippen molar-refractivity contribution < 1.29 is 13.9 Å². The molecule has 0 aliphatic carbocycles. The Bertz CT molecular complexity index is 1190. The van der Waals surface area contributed by atoms with Crippen LogP contribution >= 0.6 is 11.3 Å². The molecule has 0 saturated heterocycles. The molecular formula is C22H19F2N5OS. The van der Waals surface area contributed by atoms with Gasteiger partial charge in [-0.1, -0.05) is 25.1 Å². The Hall–Kier alpha value is -3.30. The third kappa shape index (κ3) is 4.14. The molecule has 0 saturated carbocycles. The van der Waals surface area contributed by atoms with Gasteiger partial charge in [0.15, 0.2) is 0 Å². The van der Waals surface area contributed by atoms with Gasteiger partial charge in [-0.2, -0.15) is 5.10 Å². The number of aliphatic hydroxyl groups is 1. The van der Waals surface area contributed by atoms with Crippen molar-refractivity contribution in [3.63, 3.8) is 0 Å². The zero-order valence-electron chi connectivity index (χ0n) is 16.6. The fourth-order valence-corrected chi connectivity index (χ4v) is 4.39. The molecule has 31 heavy (non-hydrogen) atoms. The number of rotatable bonds is 7. The summed E-state index contributed by atoms with van der Waals surface area (Å²) in [4.78, 5) is 12.4. The van der Waals surface area contributed by atoms with Gasteiger partial charge in [-0.3, -0.25) is 4.99 Å². The summed E-state index contributed by atoms with van der Waals surface area (Å²) in [5.41, 5.74) is 0.591. The maximum absolute atomic E-state index is 14.7. The van der Waals surface area contributed by atoms with E-state index < -0.39 is 23.2 Å². The van der Waals surface area contributed by atoms with E-state index in [0.29, 0.717) is 5.01 Å². The molecule has 4 aromatic rings. The van der Waals surface area contributed by atoms with Crippen LogP contribution < -0.4 is 0 Å². The van der Waals surface area contributed by atoms with Gasteiger partial charge in [0, 0.05) is 28.5 Å².